The van der Waals surface area contributed by atoms with E-state index in [-0.39, 0.29) is 29.7 Å². The highest BCUT2D eigenvalue weighted by Gasteiger charge is 2.45. The number of esters is 1. The molecule has 0 unspecified atom stereocenters. The van der Waals surface area contributed by atoms with Gasteiger partial charge in [-0.1, -0.05) is 45.0 Å². The Morgan fingerprint density at radius 1 is 1.17 bits per heavy atom. The number of aliphatic imine (C=N–C) groups is 1. The van der Waals surface area contributed by atoms with Crippen LogP contribution in [-0.2, 0) is 25.5 Å². The Labute approximate surface area is 173 Å². The SMILES string of the molecule is CCc1ccc([C@H]2C3=C(CC(C)(C)CC3=O)N=C(C)[C@H]2C(=O)OCCOC)cc1. The predicted molar refractivity (Wildman–Crippen MR) is 113 cm³/mol. The van der Waals surface area contributed by atoms with Gasteiger partial charge in [0, 0.05) is 36.4 Å². The van der Waals surface area contributed by atoms with Crippen molar-refractivity contribution in [2.75, 3.05) is 20.3 Å². The van der Waals surface area contributed by atoms with Gasteiger partial charge in [0.15, 0.2) is 5.78 Å². The number of hydrogen-bond acceptors (Lipinski definition) is 5. The molecule has 0 saturated heterocycles. The first-order chi connectivity index (χ1) is 13.8. The third-order valence-corrected chi connectivity index (χ3v) is 5.83. The molecule has 1 aliphatic carbocycles. The second kappa shape index (κ2) is 8.62. The zero-order chi connectivity index (χ0) is 21.2. The number of hydrogen-bond donors (Lipinski definition) is 0. The van der Waals surface area contributed by atoms with Crippen molar-refractivity contribution in [2.45, 2.75) is 52.9 Å². The summed E-state index contributed by atoms with van der Waals surface area (Å²) in [5.74, 6) is -1.21. The van der Waals surface area contributed by atoms with Crippen molar-refractivity contribution in [3.05, 3.63) is 46.7 Å². The van der Waals surface area contributed by atoms with Crippen molar-refractivity contribution in [1.82, 2.24) is 0 Å². The van der Waals surface area contributed by atoms with Crippen LogP contribution in [-0.4, -0.2) is 37.8 Å². The van der Waals surface area contributed by atoms with Crippen molar-refractivity contribution in [2.24, 2.45) is 16.3 Å². The van der Waals surface area contributed by atoms with Crippen LogP contribution in [0.4, 0.5) is 0 Å². The summed E-state index contributed by atoms with van der Waals surface area (Å²) in [7, 11) is 1.57. The van der Waals surface area contributed by atoms with Crippen LogP contribution in [0.5, 0.6) is 0 Å². The average molecular weight is 398 g/mol. The zero-order valence-electron chi connectivity index (χ0n) is 18.1. The lowest BCUT2D eigenvalue weighted by molar-refractivity contribution is -0.147. The van der Waals surface area contributed by atoms with Crippen LogP contribution in [0.1, 0.15) is 57.6 Å². The van der Waals surface area contributed by atoms with Crippen molar-refractivity contribution < 1.29 is 19.1 Å². The molecular formula is C24H31NO4. The number of ketones is 1. The molecule has 0 bridgehead atoms. The van der Waals surface area contributed by atoms with Gasteiger partial charge in [-0.05, 0) is 36.3 Å². The minimum absolute atomic E-state index is 0.0896. The van der Waals surface area contributed by atoms with Gasteiger partial charge in [0.2, 0.25) is 0 Å². The van der Waals surface area contributed by atoms with Gasteiger partial charge in [-0.25, -0.2) is 0 Å². The van der Waals surface area contributed by atoms with E-state index in [2.05, 4.69) is 32.9 Å². The summed E-state index contributed by atoms with van der Waals surface area (Å²) in [6.07, 6.45) is 2.14. The Morgan fingerprint density at radius 3 is 2.48 bits per heavy atom. The molecule has 1 aromatic carbocycles. The molecule has 5 nitrogen and oxygen atoms in total. The molecule has 3 rings (SSSR count). The average Bonchev–Trinajstić information content (AvgIpc) is 2.66. The van der Waals surface area contributed by atoms with E-state index in [0.29, 0.717) is 24.3 Å². The summed E-state index contributed by atoms with van der Waals surface area (Å²) in [6, 6.07) is 8.22. The molecular weight excluding hydrogens is 366 g/mol. The fourth-order valence-electron chi connectivity index (χ4n) is 4.39. The van der Waals surface area contributed by atoms with Gasteiger partial charge >= 0.3 is 5.97 Å². The molecule has 0 spiro atoms. The maximum Gasteiger partial charge on any atom is 0.315 e. The Balaban J connectivity index is 2.06. The lowest BCUT2D eigenvalue weighted by atomic mass is 9.67. The van der Waals surface area contributed by atoms with E-state index in [1.54, 1.807) is 7.11 Å². The van der Waals surface area contributed by atoms with E-state index in [4.69, 9.17) is 14.5 Å². The van der Waals surface area contributed by atoms with Gasteiger partial charge in [-0.3, -0.25) is 14.6 Å². The number of methoxy groups -OCH3 is 1. The van der Waals surface area contributed by atoms with Crippen LogP contribution in [0.15, 0.2) is 40.5 Å². The number of aryl methyl sites for hydroxylation is 1. The van der Waals surface area contributed by atoms with Gasteiger partial charge in [0.25, 0.3) is 0 Å². The van der Waals surface area contributed by atoms with Crippen molar-refractivity contribution in [3.8, 4) is 0 Å². The quantitative estimate of drug-likeness (QED) is 0.531. The molecule has 156 valence electrons. The molecule has 0 N–H and O–H groups in total. The van der Waals surface area contributed by atoms with Crippen molar-refractivity contribution in [3.63, 3.8) is 0 Å². The van der Waals surface area contributed by atoms with Crippen LogP contribution in [0.25, 0.3) is 0 Å². The summed E-state index contributed by atoms with van der Waals surface area (Å²) in [4.78, 5) is 30.9. The minimum Gasteiger partial charge on any atom is -0.463 e. The number of benzene rings is 1. The molecule has 1 heterocycles. The first-order valence-electron chi connectivity index (χ1n) is 10.3. The molecule has 0 fully saturated rings. The Hall–Kier alpha value is -2.27. The fraction of sp³-hybridized carbons (Fsp3) is 0.542. The summed E-state index contributed by atoms with van der Waals surface area (Å²) in [5.41, 5.74) is 4.29. The number of Topliss-reactive ketones (excluding diaryl/α,β-unsaturated/α-hetero) is 1. The minimum atomic E-state index is -0.594. The smallest absolute Gasteiger partial charge is 0.315 e. The molecule has 0 saturated carbocycles. The van der Waals surface area contributed by atoms with Crippen LogP contribution in [0, 0.1) is 11.3 Å². The summed E-state index contributed by atoms with van der Waals surface area (Å²) < 4.78 is 10.5. The molecule has 1 aromatic rings. The second-order valence-corrected chi connectivity index (χ2v) is 8.77. The Kier molecular flexibility index (Phi) is 6.37. The van der Waals surface area contributed by atoms with E-state index in [1.807, 2.05) is 19.1 Å². The Morgan fingerprint density at radius 2 is 1.86 bits per heavy atom. The number of allylic oxidation sites excluding steroid dienone is 2. The number of carbonyl (C=O) groups is 2. The first kappa shape index (κ1) is 21.4. The van der Waals surface area contributed by atoms with E-state index >= 15 is 0 Å². The molecule has 2 atom stereocenters. The molecule has 0 amide bonds. The highest BCUT2D eigenvalue weighted by molar-refractivity contribution is 6.09. The maximum absolute atomic E-state index is 13.2. The van der Waals surface area contributed by atoms with Crippen LogP contribution in [0.3, 0.4) is 0 Å². The van der Waals surface area contributed by atoms with Gasteiger partial charge in [0.1, 0.15) is 12.5 Å². The number of carbonyl (C=O) groups excluding carboxylic acids is 2. The summed E-state index contributed by atoms with van der Waals surface area (Å²) in [5, 5.41) is 0. The fourth-order valence-corrected chi connectivity index (χ4v) is 4.39. The number of rotatable bonds is 6. The van der Waals surface area contributed by atoms with Crippen molar-refractivity contribution in [1.29, 1.82) is 0 Å². The molecule has 1 aliphatic heterocycles. The lowest BCUT2D eigenvalue weighted by Crippen LogP contribution is -2.39. The molecule has 0 radical (unpaired) electrons. The van der Waals surface area contributed by atoms with Crippen LogP contribution in [0.2, 0.25) is 0 Å². The highest BCUT2D eigenvalue weighted by atomic mass is 16.6. The standard InChI is InChI=1S/C24H31NO4/c1-6-16-7-9-17(10-8-16)21-20(23(27)29-12-11-28-5)15(2)25-18-13-24(3,4)14-19(26)22(18)21/h7-10,20-21H,6,11-14H2,1-5H3/t20-,21-/m1/s1. The highest BCUT2D eigenvalue weighted by Crippen LogP contribution is 2.47. The van der Waals surface area contributed by atoms with E-state index in [1.165, 1.54) is 5.56 Å². The van der Waals surface area contributed by atoms with Gasteiger partial charge < -0.3 is 9.47 Å². The van der Waals surface area contributed by atoms with Gasteiger partial charge in [-0.15, -0.1) is 0 Å². The second-order valence-electron chi connectivity index (χ2n) is 8.77. The van der Waals surface area contributed by atoms with Gasteiger partial charge in [0.05, 0.1) is 6.61 Å². The first-order valence-corrected chi connectivity index (χ1v) is 10.3. The number of ether oxygens (including phenoxy) is 2. The monoisotopic (exact) mass is 397 g/mol. The topological polar surface area (TPSA) is 65.0 Å². The van der Waals surface area contributed by atoms with Crippen LogP contribution >= 0.6 is 0 Å². The molecule has 2 aliphatic rings. The van der Waals surface area contributed by atoms with Crippen LogP contribution < -0.4 is 0 Å². The predicted octanol–water partition coefficient (Wildman–Crippen LogP) is 4.26. The molecule has 5 heteroatoms. The van der Waals surface area contributed by atoms with Crippen molar-refractivity contribution >= 4 is 17.5 Å². The number of nitrogens with zero attached hydrogens (tertiary/aromatic N) is 1. The molecule has 0 aromatic heterocycles. The third-order valence-electron chi connectivity index (χ3n) is 5.83. The Bertz CT molecular complexity index is 848. The summed E-state index contributed by atoms with van der Waals surface area (Å²) >= 11 is 0. The van der Waals surface area contributed by atoms with E-state index in [0.717, 1.165) is 24.1 Å². The lowest BCUT2D eigenvalue weighted by Gasteiger charge is -2.39. The largest absolute Gasteiger partial charge is 0.463 e. The van der Waals surface area contributed by atoms with Gasteiger partial charge in [-0.2, -0.15) is 0 Å². The third kappa shape index (κ3) is 4.50. The zero-order valence-corrected chi connectivity index (χ0v) is 18.1. The maximum atomic E-state index is 13.2. The van der Waals surface area contributed by atoms with E-state index in [9.17, 15) is 9.59 Å². The van der Waals surface area contributed by atoms with E-state index < -0.39 is 5.92 Å². The normalized spacial score (nSPS) is 23.5. The summed E-state index contributed by atoms with van der Waals surface area (Å²) in [6.45, 7) is 8.69. The molecule has 29 heavy (non-hydrogen) atoms.